The third-order valence-electron chi connectivity index (χ3n) is 3.78. The molecular weight excluding hydrogens is 236 g/mol. The molecule has 0 atom stereocenters. The van der Waals surface area contributed by atoms with Crippen LogP contribution >= 0.6 is 0 Å². The van der Waals surface area contributed by atoms with Gasteiger partial charge < -0.3 is 9.88 Å². The molecule has 1 aliphatic heterocycles. The van der Waals surface area contributed by atoms with Crippen molar-refractivity contribution >= 4 is 16.8 Å². The summed E-state index contributed by atoms with van der Waals surface area (Å²) < 4.78 is 0. The Morgan fingerprint density at radius 1 is 1.26 bits per heavy atom. The fourth-order valence-corrected chi connectivity index (χ4v) is 2.79. The molecule has 0 unspecified atom stereocenters. The van der Waals surface area contributed by atoms with Crippen LogP contribution in [0.5, 0.6) is 0 Å². The zero-order valence-electron chi connectivity index (χ0n) is 12.0. The average Bonchev–Trinajstić information content (AvgIpc) is 2.84. The van der Waals surface area contributed by atoms with E-state index in [0.717, 1.165) is 6.54 Å². The zero-order chi connectivity index (χ0) is 13.8. The minimum absolute atomic E-state index is 0.220. The second-order valence-corrected chi connectivity index (χ2v) is 6.54. The summed E-state index contributed by atoms with van der Waals surface area (Å²) in [6.45, 7) is 9.47. The van der Waals surface area contributed by atoms with Crippen molar-refractivity contribution in [3.63, 3.8) is 0 Å². The fourth-order valence-electron chi connectivity index (χ4n) is 2.79. The van der Waals surface area contributed by atoms with Gasteiger partial charge in [-0.1, -0.05) is 32.4 Å². The van der Waals surface area contributed by atoms with Crippen LogP contribution in [0.1, 0.15) is 37.6 Å². The van der Waals surface area contributed by atoms with Crippen LogP contribution < -0.4 is 0 Å². The van der Waals surface area contributed by atoms with Crippen LogP contribution in [-0.4, -0.2) is 15.8 Å². The first-order valence-corrected chi connectivity index (χ1v) is 6.76. The van der Waals surface area contributed by atoms with Gasteiger partial charge in [-0.05, 0) is 19.1 Å². The topological polar surface area (TPSA) is 36.1 Å². The Bertz CT molecular complexity index is 661. The van der Waals surface area contributed by atoms with E-state index in [0.29, 0.717) is 6.54 Å². The lowest BCUT2D eigenvalue weighted by Gasteiger charge is -2.25. The molecule has 0 saturated carbocycles. The molecule has 2 aromatic rings. The maximum atomic E-state index is 12.3. The van der Waals surface area contributed by atoms with Crippen molar-refractivity contribution in [2.45, 2.75) is 40.8 Å². The zero-order valence-corrected chi connectivity index (χ0v) is 12.0. The number of hydrogen-bond acceptors (Lipinski definition) is 1. The van der Waals surface area contributed by atoms with Gasteiger partial charge in [-0.25, -0.2) is 0 Å². The summed E-state index contributed by atoms with van der Waals surface area (Å²) in [4.78, 5) is 17.7. The first kappa shape index (κ1) is 12.3. The number of aryl methyl sites for hydroxylation is 1. The third kappa shape index (κ3) is 1.93. The SMILES string of the molecule is Cc1ccc2[nH]c3c(c2c1)CN(C(=O)C(C)(C)C)C3. The molecule has 1 amide bonds. The molecule has 0 fully saturated rings. The lowest BCUT2D eigenvalue weighted by Crippen LogP contribution is -2.35. The maximum Gasteiger partial charge on any atom is 0.228 e. The molecule has 3 heteroatoms. The summed E-state index contributed by atoms with van der Waals surface area (Å²) in [6, 6.07) is 6.45. The van der Waals surface area contributed by atoms with Gasteiger partial charge in [0.1, 0.15) is 0 Å². The van der Waals surface area contributed by atoms with Crippen molar-refractivity contribution in [3.05, 3.63) is 35.0 Å². The number of carbonyl (C=O) groups is 1. The van der Waals surface area contributed by atoms with Crippen molar-refractivity contribution in [1.82, 2.24) is 9.88 Å². The molecule has 1 N–H and O–H groups in total. The Hall–Kier alpha value is -1.77. The summed E-state index contributed by atoms with van der Waals surface area (Å²) in [5, 5.41) is 1.26. The first-order valence-electron chi connectivity index (χ1n) is 6.76. The molecule has 0 aliphatic carbocycles. The van der Waals surface area contributed by atoms with E-state index in [1.54, 1.807) is 0 Å². The van der Waals surface area contributed by atoms with E-state index in [4.69, 9.17) is 0 Å². The molecule has 1 aromatic carbocycles. The van der Waals surface area contributed by atoms with Gasteiger partial charge in [0.05, 0.1) is 6.54 Å². The molecule has 3 nitrogen and oxygen atoms in total. The highest BCUT2D eigenvalue weighted by Gasteiger charge is 2.32. The van der Waals surface area contributed by atoms with E-state index in [1.165, 1.54) is 27.7 Å². The van der Waals surface area contributed by atoms with Gasteiger partial charge in [0.25, 0.3) is 0 Å². The number of hydrogen-bond donors (Lipinski definition) is 1. The molecule has 1 aromatic heterocycles. The van der Waals surface area contributed by atoms with E-state index < -0.39 is 0 Å². The van der Waals surface area contributed by atoms with Gasteiger partial charge in [-0.2, -0.15) is 0 Å². The predicted octanol–water partition coefficient (Wildman–Crippen LogP) is 3.36. The van der Waals surface area contributed by atoms with Crippen LogP contribution in [0.4, 0.5) is 0 Å². The number of nitrogens with zero attached hydrogens (tertiary/aromatic N) is 1. The molecule has 2 heterocycles. The Balaban J connectivity index is 1.97. The minimum Gasteiger partial charge on any atom is -0.357 e. The van der Waals surface area contributed by atoms with Crippen LogP contribution in [-0.2, 0) is 17.9 Å². The molecule has 19 heavy (non-hydrogen) atoms. The average molecular weight is 256 g/mol. The highest BCUT2D eigenvalue weighted by atomic mass is 16.2. The van der Waals surface area contributed by atoms with E-state index in [1.807, 2.05) is 25.7 Å². The van der Waals surface area contributed by atoms with E-state index >= 15 is 0 Å². The molecular formula is C16H20N2O. The lowest BCUT2D eigenvalue weighted by molar-refractivity contribution is -0.140. The molecule has 0 saturated heterocycles. The maximum absolute atomic E-state index is 12.3. The third-order valence-corrected chi connectivity index (χ3v) is 3.78. The number of amides is 1. The molecule has 0 spiro atoms. The largest absolute Gasteiger partial charge is 0.357 e. The highest BCUT2D eigenvalue weighted by molar-refractivity contribution is 5.88. The smallest absolute Gasteiger partial charge is 0.228 e. The normalized spacial score (nSPS) is 15.1. The Morgan fingerprint density at radius 2 is 2.00 bits per heavy atom. The minimum atomic E-state index is -0.310. The second kappa shape index (κ2) is 3.86. The molecule has 0 radical (unpaired) electrons. The summed E-state index contributed by atoms with van der Waals surface area (Å²) in [7, 11) is 0. The van der Waals surface area contributed by atoms with Crippen LogP contribution in [0.3, 0.4) is 0 Å². The van der Waals surface area contributed by atoms with Crippen LogP contribution in [0.25, 0.3) is 10.9 Å². The number of rotatable bonds is 0. The van der Waals surface area contributed by atoms with E-state index in [9.17, 15) is 4.79 Å². The molecule has 1 aliphatic rings. The van der Waals surface area contributed by atoms with Crippen molar-refractivity contribution in [2.24, 2.45) is 5.41 Å². The monoisotopic (exact) mass is 256 g/mol. The van der Waals surface area contributed by atoms with E-state index in [-0.39, 0.29) is 11.3 Å². The predicted molar refractivity (Wildman–Crippen MR) is 76.7 cm³/mol. The van der Waals surface area contributed by atoms with E-state index in [2.05, 4.69) is 30.1 Å². The van der Waals surface area contributed by atoms with Crippen molar-refractivity contribution in [1.29, 1.82) is 0 Å². The summed E-state index contributed by atoms with van der Waals surface area (Å²) >= 11 is 0. The number of benzene rings is 1. The number of fused-ring (bicyclic) bond motifs is 3. The van der Waals surface area contributed by atoms with Crippen LogP contribution in [0.15, 0.2) is 18.2 Å². The molecule has 0 bridgehead atoms. The number of aromatic nitrogens is 1. The van der Waals surface area contributed by atoms with Crippen LogP contribution in [0, 0.1) is 12.3 Å². The van der Waals surface area contributed by atoms with Gasteiger partial charge in [0.2, 0.25) is 5.91 Å². The van der Waals surface area contributed by atoms with Crippen molar-refractivity contribution < 1.29 is 4.79 Å². The van der Waals surface area contributed by atoms with Gasteiger partial charge in [-0.15, -0.1) is 0 Å². The summed E-state index contributed by atoms with van der Waals surface area (Å²) in [6.07, 6.45) is 0. The first-order chi connectivity index (χ1) is 8.86. The quantitative estimate of drug-likeness (QED) is 0.771. The number of nitrogens with one attached hydrogen (secondary N) is 1. The molecule has 3 rings (SSSR count). The van der Waals surface area contributed by atoms with Crippen molar-refractivity contribution in [2.75, 3.05) is 0 Å². The van der Waals surface area contributed by atoms with Crippen LogP contribution in [0.2, 0.25) is 0 Å². The van der Waals surface area contributed by atoms with Gasteiger partial charge in [0, 0.05) is 34.1 Å². The Labute approximate surface area is 113 Å². The summed E-state index contributed by atoms with van der Waals surface area (Å²) in [5.41, 5.74) is 4.61. The summed E-state index contributed by atoms with van der Waals surface area (Å²) in [5.74, 6) is 0.220. The number of aromatic amines is 1. The Kier molecular flexibility index (Phi) is 2.49. The van der Waals surface area contributed by atoms with Gasteiger partial charge in [-0.3, -0.25) is 4.79 Å². The lowest BCUT2D eigenvalue weighted by atomic mass is 9.95. The van der Waals surface area contributed by atoms with Gasteiger partial charge >= 0.3 is 0 Å². The standard InChI is InChI=1S/C16H20N2O/c1-10-5-6-13-11(7-10)12-8-18(9-14(12)17-13)15(19)16(2,3)4/h5-7,17H,8-9H2,1-4H3. The fraction of sp³-hybridized carbons (Fsp3) is 0.438. The van der Waals surface area contributed by atoms with Gasteiger partial charge in [0.15, 0.2) is 0 Å². The second-order valence-electron chi connectivity index (χ2n) is 6.54. The Morgan fingerprint density at radius 3 is 2.68 bits per heavy atom. The molecule has 100 valence electrons. The highest BCUT2D eigenvalue weighted by Crippen LogP contribution is 2.33. The van der Waals surface area contributed by atoms with Crippen molar-refractivity contribution in [3.8, 4) is 0 Å². The number of H-pyrrole nitrogens is 1. The number of carbonyl (C=O) groups excluding carboxylic acids is 1.